The number of benzene rings is 1. The third-order valence-corrected chi connectivity index (χ3v) is 7.00. The summed E-state index contributed by atoms with van der Waals surface area (Å²) in [5.74, 6) is 1.12. The van der Waals surface area contributed by atoms with Crippen LogP contribution < -0.4 is 15.4 Å². The van der Waals surface area contributed by atoms with E-state index in [4.69, 9.17) is 39.1 Å². The molecule has 10 heteroatoms. The molecule has 1 saturated heterocycles. The number of nitrogens with two attached hydrogens (primary N) is 1. The summed E-state index contributed by atoms with van der Waals surface area (Å²) in [6.07, 6.45) is 4.61. The van der Waals surface area contributed by atoms with Gasteiger partial charge in [-0.3, -0.25) is 10.4 Å². The molecule has 3 N–H and O–H groups in total. The lowest BCUT2D eigenvalue weighted by atomic mass is 9.90. The molecule has 0 aliphatic carbocycles. The average Bonchev–Trinajstić information content (AvgIpc) is 2.81. The molecular formula is C25H25Cl2N7O. The maximum atomic E-state index is 9.76. The van der Waals surface area contributed by atoms with Crippen molar-refractivity contribution >= 4 is 40.4 Å². The molecule has 0 unspecified atom stereocenters. The van der Waals surface area contributed by atoms with Gasteiger partial charge < -0.3 is 20.3 Å². The normalized spacial score (nSPS) is 14.4. The first-order valence-corrected chi connectivity index (χ1v) is 11.6. The Balaban J connectivity index is 1.55. The smallest absolute Gasteiger partial charge is 0.146 e. The highest BCUT2D eigenvalue weighted by Gasteiger charge is 2.42. The van der Waals surface area contributed by atoms with E-state index in [9.17, 15) is 5.26 Å². The molecule has 1 aromatic carbocycles. The lowest BCUT2D eigenvalue weighted by Crippen LogP contribution is -2.67. The van der Waals surface area contributed by atoms with E-state index in [-0.39, 0.29) is 17.9 Å². The zero-order valence-electron chi connectivity index (χ0n) is 19.6. The second-order valence-corrected chi connectivity index (χ2v) is 9.76. The minimum atomic E-state index is 0.0411. The number of anilines is 2. The van der Waals surface area contributed by atoms with E-state index >= 15 is 0 Å². The summed E-state index contributed by atoms with van der Waals surface area (Å²) in [4.78, 5) is 12.7. The number of nitrogens with zero attached hydrogens (tertiary/aromatic N) is 5. The molecule has 1 fully saturated rings. The van der Waals surface area contributed by atoms with Crippen LogP contribution in [-0.2, 0) is 6.61 Å². The van der Waals surface area contributed by atoms with Gasteiger partial charge in [0, 0.05) is 54.1 Å². The monoisotopic (exact) mass is 509 g/mol. The molecule has 1 aliphatic heterocycles. The van der Waals surface area contributed by atoms with E-state index in [1.54, 1.807) is 30.5 Å². The molecule has 0 bridgehead atoms. The van der Waals surface area contributed by atoms with Gasteiger partial charge >= 0.3 is 0 Å². The average molecular weight is 510 g/mol. The maximum Gasteiger partial charge on any atom is 0.146 e. The van der Waals surface area contributed by atoms with Gasteiger partial charge in [0.15, 0.2) is 0 Å². The van der Waals surface area contributed by atoms with Crippen molar-refractivity contribution in [3.8, 4) is 11.8 Å². The Morgan fingerprint density at radius 3 is 2.54 bits per heavy atom. The summed E-state index contributed by atoms with van der Waals surface area (Å²) in [7, 11) is 4.09. The number of halogens is 2. The van der Waals surface area contributed by atoms with Crippen LogP contribution in [0.4, 0.5) is 11.5 Å². The Labute approximate surface area is 214 Å². The maximum absolute atomic E-state index is 9.76. The number of hydrogen-bond donors (Lipinski definition) is 2. The van der Waals surface area contributed by atoms with Crippen LogP contribution in [0.25, 0.3) is 0 Å². The van der Waals surface area contributed by atoms with E-state index in [0.717, 1.165) is 13.1 Å². The lowest BCUT2D eigenvalue weighted by Gasteiger charge is -2.52. The first kappa shape index (κ1) is 24.7. The predicted molar refractivity (Wildman–Crippen MR) is 139 cm³/mol. The molecule has 0 spiro atoms. The molecule has 8 nitrogen and oxygen atoms in total. The summed E-state index contributed by atoms with van der Waals surface area (Å²) < 4.78 is 5.86. The van der Waals surface area contributed by atoms with Gasteiger partial charge in [0.1, 0.15) is 24.2 Å². The number of nitrogens with one attached hydrogen (secondary N) is 1. The van der Waals surface area contributed by atoms with E-state index in [1.807, 2.05) is 14.1 Å². The van der Waals surface area contributed by atoms with Crippen molar-refractivity contribution in [2.24, 2.45) is 0 Å². The summed E-state index contributed by atoms with van der Waals surface area (Å²) in [6, 6.07) is 8.96. The Bertz CT molecular complexity index is 1310. The molecular weight excluding hydrogens is 485 g/mol. The van der Waals surface area contributed by atoms with Crippen molar-refractivity contribution in [3.63, 3.8) is 0 Å². The fourth-order valence-corrected chi connectivity index (χ4v) is 4.34. The van der Waals surface area contributed by atoms with Gasteiger partial charge in [0.05, 0.1) is 26.9 Å². The van der Waals surface area contributed by atoms with Crippen molar-refractivity contribution in [1.82, 2.24) is 14.9 Å². The van der Waals surface area contributed by atoms with E-state index in [2.05, 4.69) is 32.8 Å². The molecule has 0 amide bonds. The van der Waals surface area contributed by atoms with E-state index < -0.39 is 0 Å². The van der Waals surface area contributed by atoms with Gasteiger partial charge in [-0.2, -0.15) is 5.26 Å². The zero-order chi connectivity index (χ0) is 25.3. The molecule has 4 rings (SSSR count). The lowest BCUT2D eigenvalue weighted by molar-refractivity contribution is 0.132. The van der Waals surface area contributed by atoms with Gasteiger partial charge in [-0.25, -0.2) is 4.98 Å². The number of aromatic nitrogens is 2. The highest BCUT2D eigenvalue weighted by molar-refractivity contribution is 6.35. The zero-order valence-corrected chi connectivity index (χ0v) is 21.2. The quantitative estimate of drug-likeness (QED) is 0.358. The van der Waals surface area contributed by atoms with Crippen molar-refractivity contribution in [1.29, 1.82) is 10.7 Å². The van der Waals surface area contributed by atoms with Crippen LogP contribution in [0.2, 0.25) is 10.0 Å². The summed E-state index contributed by atoms with van der Waals surface area (Å²) in [5, 5.41) is 19.3. The second-order valence-electron chi connectivity index (χ2n) is 8.95. The third-order valence-electron chi connectivity index (χ3n) is 6.35. The first-order chi connectivity index (χ1) is 16.6. The van der Waals surface area contributed by atoms with Crippen molar-refractivity contribution in [2.75, 3.05) is 37.8 Å². The fourth-order valence-electron chi connectivity index (χ4n) is 3.87. The Morgan fingerprint density at radius 2 is 1.91 bits per heavy atom. The summed E-state index contributed by atoms with van der Waals surface area (Å²) in [6.45, 7) is 3.86. The predicted octanol–water partition coefficient (Wildman–Crippen LogP) is 4.37. The molecule has 2 aromatic heterocycles. The van der Waals surface area contributed by atoms with Gasteiger partial charge in [0.25, 0.3) is 0 Å². The van der Waals surface area contributed by atoms with Crippen molar-refractivity contribution in [2.45, 2.75) is 19.1 Å². The van der Waals surface area contributed by atoms with Crippen LogP contribution >= 0.6 is 23.2 Å². The van der Waals surface area contributed by atoms with Crippen LogP contribution in [-0.4, -0.2) is 53.3 Å². The minimum absolute atomic E-state index is 0.0411. The number of nitriles is 1. The number of rotatable bonds is 7. The van der Waals surface area contributed by atoms with Crippen molar-refractivity contribution in [3.05, 3.63) is 75.2 Å². The van der Waals surface area contributed by atoms with Crippen LogP contribution in [0, 0.1) is 16.7 Å². The van der Waals surface area contributed by atoms with E-state index in [1.165, 1.54) is 12.4 Å². The first-order valence-electron chi connectivity index (χ1n) is 10.8. The SMILES string of the molecule is CN(C)C1(C)CN(c2ncc(C(=N)c3cc(OCc4c(Cl)cncc4Cl)ccc3N)cc2C#N)C1. The minimum Gasteiger partial charge on any atom is -0.489 e. The highest BCUT2D eigenvalue weighted by atomic mass is 35.5. The summed E-state index contributed by atoms with van der Waals surface area (Å²) in [5.41, 5.74) is 8.77. The Hall–Kier alpha value is -3.38. The standard InChI is InChI=1S/C25H25Cl2N7O/c1-25(33(2)3)13-34(14-25)24-15(8-28)6-16(9-32-24)23(30)18-7-17(4-5-22(18)29)35-12-19-20(26)10-31-11-21(19)27/h4-7,9-11,30H,12-14,29H2,1-3H3. The Kier molecular flexibility index (Phi) is 6.86. The number of ether oxygens (including phenoxy) is 1. The summed E-state index contributed by atoms with van der Waals surface area (Å²) >= 11 is 12.3. The topological polar surface area (TPSA) is 115 Å². The molecule has 1 aliphatic rings. The van der Waals surface area contributed by atoms with Crippen LogP contribution in [0.3, 0.4) is 0 Å². The van der Waals surface area contributed by atoms with Gasteiger partial charge in [-0.15, -0.1) is 0 Å². The molecule has 0 saturated carbocycles. The molecule has 3 aromatic rings. The van der Waals surface area contributed by atoms with Gasteiger partial charge in [-0.05, 0) is 45.3 Å². The molecule has 35 heavy (non-hydrogen) atoms. The number of likely N-dealkylation sites (N-methyl/N-ethyl adjacent to an activating group) is 1. The number of hydrogen-bond acceptors (Lipinski definition) is 8. The third kappa shape index (κ3) is 4.89. The van der Waals surface area contributed by atoms with Crippen LogP contribution in [0.15, 0.2) is 42.9 Å². The molecule has 0 atom stereocenters. The largest absolute Gasteiger partial charge is 0.489 e. The van der Waals surface area contributed by atoms with Gasteiger partial charge in [-0.1, -0.05) is 23.2 Å². The fraction of sp³-hybridized carbons (Fsp3) is 0.280. The number of nitrogen functional groups attached to an aromatic ring is 1. The second kappa shape index (κ2) is 9.70. The number of pyridine rings is 2. The molecule has 180 valence electrons. The molecule has 0 radical (unpaired) electrons. The molecule has 3 heterocycles. The van der Waals surface area contributed by atoms with E-state index in [0.29, 0.717) is 49.6 Å². The Morgan fingerprint density at radius 1 is 1.23 bits per heavy atom. The van der Waals surface area contributed by atoms with Crippen LogP contribution in [0.1, 0.15) is 29.2 Å². The van der Waals surface area contributed by atoms with Crippen LogP contribution in [0.5, 0.6) is 5.75 Å². The van der Waals surface area contributed by atoms with Crippen molar-refractivity contribution < 1.29 is 4.74 Å². The highest BCUT2D eigenvalue weighted by Crippen LogP contribution is 2.32. The van der Waals surface area contributed by atoms with Gasteiger partial charge in [0.2, 0.25) is 0 Å².